The number of rotatable bonds is 8. The SMILES string of the molecule is O=C(Nc1ccc(NC(=O)c2nc[nH]c2C(=O)NCCN2CCCCC2)cc1)c1ccc(F)cc1Br. The molecule has 0 bridgehead atoms. The highest BCUT2D eigenvalue weighted by Gasteiger charge is 2.21. The van der Waals surface area contributed by atoms with Crippen LogP contribution in [0, 0.1) is 5.82 Å². The molecule has 2 heterocycles. The molecule has 0 unspecified atom stereocenters. The van der Waals surface area contributed by atoms with Crippen LogP contribution in [-0.2, 0) is 0 Å². The lowest BCUT2D eigenvalue weighted by Crippen LogP contribution is -2.38. The molecule has 3 aromatic rings. The zero-order chi connectivity index (χ0) is 25.5. The van der Waals surface area contributed by atoms with E-state index in [-0.39, 0.29) is 22.9 Å². The van der Waals surface area contributed by atoms with Crippen molar-refractivity contribution < 1.29 is 18.8 Å². The maximum absolute atomic E-state index is 13.3. The number of piperidine rings is 1. The quantitative estimate of drug-likeness (QED) is 0.334. The second-order valence-corrected chi connectivity index (χ2v) is 9.25. The Morgan fingerprint density at radius 1 is 0.944 bits per heavy atom. The van der Waals surface area contributed by atoms with Crippen molar-refractivity contribution in [1.82, 2.24) is 20.2 Å². The predicted molar refractivity (Wildman–Crippen MR) is 138 cm³/mol. The molecule has 188 valence electrons. The van der Waals surface area contributed by atoms with E-state index in [2.05, 4.69) is 46.7 Å². The third-order valence-electron chi connectivity index (χ3n) is 5.82. The molecule has 0 saturated carbocycles. The van der Waals surface area contributed by atoms with Crippen molar-refractivity contribution in [3.63, 3.8) is 0 Å². The average molecular weight is 557 g/mol. The number of anilines is 2. The number of hydrogen-bond donors (Lipinski definition) is 4. The number of nitrogens with zero attached hydrogens (tertiary/aromatic N) is 2. The Kier molecular flexibility index (Phi) is 8.44. The molecular weight excluding hydrogens is 531 g/mol. The number of H-pyrrole nitrogens is 1. The summed E-state index contributed by atoms with van der Waals surface area (Å²) in [6.07, 6.45) is 4.91. The number of nitrogens with one attached hydrogen (secondary N) is 4. The number of imidazole rings is 1. The summed E-state index contributed by atoms with van der Waals surface area (Å²) in [6, 6.07) is 10.3. The van der Waals surface area contributed by atoms with Gasteiger partial charge in [-0.15, -0.1) is 0 Å². The molecule has 1 aromatic heterocycles. The van der Waals surface area contributed by atoms with Crippen LogP contribution in [0.3, 0.4) is 0 Å². The van der Waals surface area contributed by atoms with Crippen LogP contribution in [0.5, 0.6) is 0 Å². The first kappa shape index (κ1) is 25.5. The molecule has 1 fully saturated rings. The van der Waals surface area contributed by atoms with Crippen molar-refractivity contribution in [3.8, 4) is 0 Å². The maximum Gasteiger partial charge on any atom is 0.276 e. The van der Waals surface area contributed by atoms with E-state index < -0.39 is 17.6 Å². The lowest BCUT2D eigenvalue weighted by atomic mass is 10.1. The molecule has 36 heavy (non-hydrogen) atoms. The number of amides is 3. The molecule has 3 amide bonds. The lowest BCUT2D eigenvalue weighted by Gasteiger charge is -2.26. The van der Waals surface area contributed by atoms with Crippen molar-refractivity contribution in [3.05, 3.63) is 76.0 Å². The lowest BCUT2D eigenvalue weighted by molar-refractivity contribution is 0.0929. The molecule has 1 aliphatic heterocycles. The van der Waals surface area contributed by atoms with Crippen molar-refractivity contribution >= 4 is 45.0 Å². The minimum atomic E-state index is -0.538. The van der Waals surface area contributed by atoms with Crippen LogP contribution in [0.2, 0.25) is 0 Å². The van der Waals surface area contributed by atoms with Gasteiger partial charge in [0.05, 0.1) is 11.9 Å². The van der Waals surface area contributed by atoms with Crippen LogP contribution in [0.1, 0.15) is 50.6 Å². The van der Waals surface area contributed by atoms with E-state index in [1.807, 2.05) is 0 Å². The fourth-order valence-electron chi connectivity index (χ4n) is 3.94. The summed E-state index contributed by atoms with van der Waals surface area (Å²) in [7, 11) is 0. The first-order valence-corrected chi connectivity index (χ1v) is 12.4. The summed E-state index contributed by atoms with van der Waals surface area (Å²) in [5.74, 6) is -1.79. The Hall–Kier alpha value is -3.57. The monoisotopic (exact) mass is 556 g/mol. The van der Waals surface area contributed by atoms with Gasteiger partial charge >= 0.3 is 0 Å². The highest BCUT2D eigenvalue weighted by molar-refractivity contribution is 9.10. The van der Waals surface area contributed by atoms with Gasteiger partial charge in [0.25, 0.3) is 17.7 Å². The van der Waals surface area contributed by atoms with E-state index in [0.29, 0.717) is 22.4 Å². The Bertz CT molecular complexity index is 1240. The smallest absolute Gasteiger partial charge is 0.276 e. The normalized spacial score (nSPS) is 13.7. The van der Waals surface area contributed by atoms with Gasteiger partial charge in [-0.25, -0.2) is 9.37 Å². The minimum Gasteiger partial charge on any atom is -0.349 e. The van der Waals surface area contributed by atoms with E-state index in [4.69, 9.17) is 0 Å². The van der Waals surface area contributed by atoms with Gasteiger partial charge in [0, 0.05) is 28.9 Å². The zero-order valence-electron chi connectivity index (χ0n) is 19.4. The highest BCUT2D eigenvalue weighted by Crippen LogP contribution is 2.21. The number of carbonyl (C=O) groups is 3. The first-order valence-electron chi connectivity index (χ1n) is 11.6. The van der Waals surface area contributed by atoms with Crippen LogP contribution in [-0.4, -0.2) is 58.8 Å². The van der Waals surface area contributed by atoms with Gasteiger partial charge in [0.1, 0.15) is 11.5 Å². The van der Waals surface area contributed by atoms with Crippen LogP contribution >= 0.6 is 15.9 Å². The van der Waals surface area contributed by atoms with E-state index >= 15 is 0 Å². The molecule has 0 spiro atoms. The standard InChI is InChI=1S/C25H26BrFN6O3/c26-20-14-16(27)4-9-19(20)23(34)31-17-5-7-18(8-6-17)32-25(36)22-21(29-15-30-22)24(35)28-10-13-33-11-2-1-3-12-33/h4-9,14-15H,1-3,10-13H2,(H,28,35)(H,29,30)(H,31,34)(H,32,36). The van der Waals surface area contributed by atoms with Crippen molar-refractivity contribution in [1.29, 1.82) is 0 Å². The second kappa shape index (κ2) is 11.9. The number of hydrogen-bond acceptors (Lipinski definition) is 5. The van der Waals surface area contributed by atoms with Gasteiger partial charge in [0.2, 0.25) is 0 Å². The van der Waals surface area contributed by atoms with Gasteiger partial charge in [-0.3, -0.25) is 14.4 Å². The van der Waals surface area contributed by atoms with E-state index in [1.165, 1.54) is 43.8 Å². The van der Waals surface area contributed by atoms with Crippen LogP contribution in [0.15, 0.2) is 53.3 Å². The second-order valence-electron chi connectivity index (χ2n) is 8.39. The number of benzene rings is 2. The largest absolute Gasteiger partial charge is 0.349 e. The Labute approximate surface area is 216 Å². The Morgan fingerprint density at radius 3 is 2.28 bits per heavy atom. The fraction of sp³-hybridized carbons (Fsp3) is 0.280. The van der Waals surface area contributed by atoms with Crippen molar-refractivity contribution in [2.45, 2.75) is 19.3 Å². The Balaban J connectivity index is 1.31. The molecule has 11 heteroatoms. The molecule has 4 N–H and O–H groups in total. The molecular formula is C25H26BrFN6O3. The molecule has 0 radical (unpaired) electrons. The van der Waals surface area contributed by atoms with E-state index in [1.54, 1.807) is 24.3 Å². The van der Waals surface area contributed by atoms with Crippen molar-refractivity contribution in [2.75, 3.05) is 36.8 Å². The maximum atomic E-state index is 13.3. The summed E-state index contributed by atoms with van der Waals surface area (Å²) in [5, 5.41) is 8.26. The van der Waals surface area contributed by atoms with E-state index in [9.17, 15) is 18.8 Å². The third-order valence-corrected chi connectivity index (χ3v) is 6.48. The molecule has 1 aliphatic rings. The molecule has 4 rings (SSSR count). The van der Waals surface area contributed by atoms with Gasteiger partial charge in [-0.05, 0) is 84.3 Å². The van der Waals surface area contributed by atoms with Gasteiger partial charge in [-0.1, -0.05) is 6.42 Å². The molecule has 2 aromatic carbocycles. The first-order chi connectivity index (χ1) is 17.4. The molecule has 1 saturated heterocycles. The highest BCUT2D eigenvalue weighted by atomic mass is 79.9. The Morgan fingerprint density at radius 2 is 1.61 bits per heavy atom. The number of carbonyl (C=O) groups excluding carboxylic acids is 3. The topological polar surface area (TPSA) is 119 Å². The summed E-state index contributed by atoms with van der Waals surface area (Å²) >= 11 is 3.18. The van der Waals surface area contributed by atoms with Crippen LogP contribution < -0.4 is 16.0 Å². The predicted octanol–water partition coefficient (Wildman–Crippen LogP) is 4.03. The third kappa shape index (κ3) is 6.55. The zero-order valence-corrected chi connectivity index (χ0v) is 21.0. The van der Waals surface area contributed by atoms with Gasteiger partial charge in [-0.2, -0.15) is 0 Å². The summed E-state index contributed by atoms with van der Waals surface area (Å²) in [5.41, 5.74) is 1.32. The molecule has 9 nitrogen and oxygen atoms in total. The fourth-order valence-corrected chi connectivity index (χ4v) is 4.47. The summed E-state index contributed by atoms with van der Waals surface area (Å²) in [6.45, 7) is 3.34. The van der Waals surface area contributed by atoms with Crippen LogP contribution in [0.25, 0.3) is 0 Å². The number of halogens is 2. The number of likely N-dealkylation sites (tertiary alicyclic amines) is 1. The van der Waals surface area contributed by atoms with E-state index in [0.717, 1.165) is 19.6 Å². The van der Waals surface area contributed by atoms with Crippen molar-refractivity contribution in [2.24, 2.45) is 0 Å². The summed E-state index contributed by atoms with van der Waals surface area (Å²) < 4.78 is 13.6. The number of aromatic nitrogens is 2. The number of aromatic amines is 1. The average Bonchev–Trinajstić information content (AvgIpc) is 3.36. The van der Waals surface area contributed by atoms with Gasteiger partial charge in [0.15, 0.2) is 5.69 Å². The summed E-state index contributed by atoms with van der Waals surface area (Å²) in [4.78, 5) is 46.8. The molecule has 0 atom stereocenters. The molecule has 0 aliphatic carbocycles. The van der Waals surface area contributed by atoms with Gasteiger partial charge < -0.3 is 25.8 Å². The minimum absolute atomic E-state index is 0.0102. The van der Waals surface area contributed by atoms with Crippen LogP contribution in [0.4, 0.5) is 15.8 Å².